The summed E-state index contributed by atoms with van der Waals surface area (Å²) in [5.74, 6) is -0.189. The fraction of sp³-hybridized carbons (Fsp3) is 0.182. The highest BCUT2D eigenvalue weighted by Crippen LogP contribution is 2.25. The Labute approximate surface area is 163 Å². The Morgan fingerprint density at radius 3 is 2.59 bits per heavy atom. The predicted octanol–water partition coefficient (Wildman–Crippen LogP) is 4.44. The molecule has 0 aliphatic heterocycles. The molecule has 0 radical (unpaired) electrons. The van der Waals surface area contributed by atoms with E-state index >= 15 is 0 Å². The number of aromatic nitrogens is 1. The molecule has 0 spiro atoms. The molecule has 0 bridgehead atoms. The van der Waals surface area contributed by atoms with Crippen molar-refractivity contribution < 1.29 is 9.90 Å². The number of aliphatic hydroxyl groups excluding tert-OH is 1. The van der Waals surface area contributed by atoms with Crippen LogP contribution in [0.3, 0.4) is 0 Å². The number of hydrogen-bond acceptors (Lipinski definition) is 3. The van der Waals surface area contributed by atoms with Crippen molar-refractivity contribution in [3.05, 3.63) is 87.7 Å². The number of amides is 1. The topological polar surface area (TPSA) is 62.2 Å². The Kier molecular flexibility index (Phi) is 5.89. The second-order valence-electron chi connectivity index (χ2n) is 6.53. The number of hydrogen-bond donors (Lipinski definition) is 2. The molecule has 1 aromatic heterocycles. The van der Waals surface area contributed by atoms with Gasteiger partial charge in [0.1, 0.15) is 0 Å². The van der Waals surface area contributed by atoms with E-state index in [0.29, 0.717) is 22.7 Å². The lowest BCUT2D eigenvalue weighted by Gasteiger charge is -2.11. The molecule has 0 unspecified atom stereocenters. The fourth-order valence-corrected chi connectivity index (χ4v) is 3.09. The number of rotatable bonds is 5. The predicted molar refractivity (Wildman–Crippen MR) is 108 cm³/mol. The Morgan fingerprint density at radius 2 is 1.89 bits per heavy atom. The zero-order valence-electron chi connectivity index (χ0n) is 15.3. The maximum Gasteiger partial charge on any atom is 0.251 e. The highest BCUT2D eigenvalue weighted by Gasteiger charge is 2.11. The maximum atomic E-state index is 12.7. The Morgan fingerprint density at radius 1 is 1.07 bits per heavy atom. The average molecular weight is 381 g/mol. The van der Waals surface area contributed by atoms with E-state index in [1.165, 1.54) is 0 Å². The number of carbonyl (C=O) groups excluding carboxylic acids is 1. The number of aryl methyl sites for hydroxylation is 2. The van der Waals surface area contributed by atoms with Crippen molar-refractivity contribution in [3.8, 4) is 11.1 Å². The molecule has 0 aliphatic carbocycles. The van der Waals surface area contributed by atoms with Crippen LogP contribution in [-0.4, -0.2) is 16.0 Å². The number of pyridine rings is 1. The van der Waals surface area contributed by atoms with E-state index in [4.69, 9.17) is 11.6 Å². The van der Waals surface area contributed by atoms with Gasteiger partial charge in [-0.2, -0.15) is 0 Å². The van der Waals surface area contributed by atoms with Crippen LogP contribution in [0.2, 0.25) is 5.02 Å². The van der Waals surface area contributed by atoms with Crippen LogP contribution in [0.15, 0.2) is 54.9 Å². The van der Waals surface area contributed by atoms with Crippen LogP contribution in [0.1, 0.15) is 32.6 Å². The summed E-state index contributed by atoms with van der Waals surface area (Å²) in [6.07, 6.45) is 3.50. The molecular weight excluding hydrogens is 360 g/mol. The summed E-state index contributed by atoms with van der Waals surface area (Å²) in [7, 11) is 0. The minimum Gasteiger partial charge on any atom is -0.392 e. The molecule has 0 atom stereocenters. The van der Waals surface area contributed by atoms with Crippen LogP contribution in [0.4, 0.5) is 0 Å². The lowest BCUT2D eigenvalue weighted by molar-refractivity contribution is 0.0950. The number of nitrogens with one attached hydrogen (secondary N) is 1. The van der Waals surface area contributed by atoms with Gasteiger partial charge < -0.3 is 10.4 Å². The molecule has 138 valence electrons. The first-order valence-corrected chi connectivity index (χ1v) is 9.05. The number of halogens is 1. The van der Waals surface area contributed by atoms with E-state index in [9.17, 15) is 9.90 Å². The third-order valence-electron chi connectivity index (χ3n) is 4.44. The summed E-state index contributed by atoms with van der Waals surface area (Å²) in [6.45, 7) is 4.18. The molecule has 1 amide bonds. The molecule has 4 nitrogen and oxygen atoms in total. The van der Waals surface area contributed by atoms with E-state index in [1.807, 2.05) is 50.2 Å². The van der Waals surface area contributed by atoms with Gasteiger partial charge in [-0.3, -0.25) is 9.78 Å². The van der Waals surface area contributed by atoms with Gasteiger partial charge in [0.05, 0.1) is 6.61 Å². The quantitative estimate of drug-likeness (QED) is 0.687. The average Bonchev–Trinajstić information content (AvgIpc) is 2.68. The van der Waals surface area contributed by atoms with Crippen LogP contribution in [-0.2, 0) is 13.2 Å². The Bertz CT molecular complexity index is 986. The first kappa shape index (κ1) is 19.1. The third-order valence-corrected chi connectivity index (χ3v) is 4.87. The van der Waals surface area contributed by atoms with Crippen molar-refractivity contribution in [1.82, 2.24) is 10.3 Å². The third kappa shape index (κ3) is 4.54. The molecule has 27 heavy (non-hydrogen) atoms. The maximum absolute atomic E-state index is 12.7. The molecular formula is C22H21ClN2O2. The molecule has 5 heteroatoms. The van der Waals surface area contributed by atoms with Crippen LogP contribution in [0.5, 0.6) is 0 Å². The zero-order valence-corrected chi connectivity index (χ0v) is 16.0. The van der Waals surface area contributed by atoms with Crippen LogP contribution < -0.4 is 5.32 Å². The number of benzene rings is 2. The second kappa shape index (κ2) is 8.33. The lowest BCUT2D eigenvalue weighted by Crippen LogP contribution is -2.23. The summed E-state index contributed by atoms with van der Waals surface area (Å²) >= 11 is 6.05. The summed E-state index contributed by atoms with van der Waals surface area (Å²) in [5.41, 5.74) is 6.04. The van der Waals surface area contributed by atoms with Gasteiger partial charge in [0.15, 0.2) is 0 Å². The molecule has 2 aromatic carbocycles. The Balaban J connectivity index is 1.84. The van der Waals surface area contributed by atoms with Crippen LogP contribution in [0.25, 0.3) is 11.1 Å². The first-order valence-electron chi connectivity index (χ1n) is 8.67. The number of carbonyl (C=O) groups is 1. The van der Waals surface area contributed by atoms with Crippen molar-refractivity contribution in [3.63, 3.8) is 0 Å². The van der Waals surface area contributed by atoms with E-state index < -0.39 is 0 Å². The summed E-state index contributed by atoms with van der Waals surface area (Å²) in [6, 6.07) is 13.0. The van der Waals surface area contributed by atoms with Crippen molar-refractivity contribution in [1.29, 1.82) is 0 Å². The van der Waals surface area contributed by atoms with Gasteiger partial charge in [-0.1, -0.05) is 23.7 Å². The standard InChI is InChI=1S/C22H21ClN2O2/c1-14-7-16(3-4-21(14)23)12-25-22(27)19-9-17(13-26)8-18(10-19)20-5-6-24-11-15(20)2/h3-11,26H,12-13H2,1-2H3,(H,25,27). The first-order chi connectivity index (χ1) is 13.0. The van der Waals surface area contributed by atoms with Crippen LogP contribution in [0, 0.1) is 13.8 Å². The normalized spacial score (nSPS) is 10.7. The summed E-state index contributed by atoms with van der Waals surface area (Å²) < 4.78 is 0. The van der Waals surface area contributed by atoms with Gasteiger partial charge in [0, 0.05) is 29.5 Å². The highest BCUT2D eigenvalue weighted by molar-refractivity contribution is 6.31. The van der Waals surface area contributed by atoms with Crippen molar-refractivity contribution >= 4 is 17.5 Å². The molecule has 3 aromatic rings. The molecule has 0 aliphatic rings. The summed E-state index contributed by atoms with van der Waals surface area (Å²) in [5, 5.41) is 13.2. The van der Waals surface area contributed by atoms with Crippen molar-refractivity contribution in [2.75, 3.05) is 0 Å². The molecule has 1 heterocycles. The Hall–Kier alpha value is -2.69. The molecule has 0 saturated carbocycles. The smallest absolute Gasteiger partial charge is 0.251 e. The summed E-state index contributed by atoms with van der Waals surface area (Å²) in [4.78, 5) is 16.8. The van der Waals surface area contributed by atoms with E-state index in [1.54, 1.807) is 18.5 Å². The molecule has 3 rings (SSSR count). The highest BCUT2D eigenvalue weighted by atomic mass is 35.5. The van der Waals surface area contributed by atoms with E-state index in [0.717, 1.165) is 27.8 Å². The number of nitrogens with zero attached hydrogens (tertiary/aromatic N) is 1. The van der Waals surface area contributed by atoms with Gasteiger partial charge >= 0.3 is 0 Å². The zero-order chi connectivity index (χ0) is 19.4. The second-order valence-corrected chi connectivity index (χ2v) is 6.94. The SMILES string of the molecule is Cc1cc(CNC(=O)c2cc(CO)cc(-c3ccncc3C)c2)ccc1Cl. The van der Waals surface area contributed by atoms with E-state index in [-0.39, 0.29) is 12.5 Å². The van der Waals surface area contributed by atoms with Gasteiger partial charge in [0.25, 0.3) is 5.91 Å². The monoisotopic (exact) mass is 380 g/mol. The van der Waals surface area contributed by atoms with Gasteiger partial charge in [-0.15, -0.1) is 0 Å². The van der Waals surface area contributed by atoms with Gasteiger partial charge in [-0.25, -0.2) is 0 Å². The largest absolute Gasteiger partial charge is 0.392 e. The van der Waals surface area contributed by atoms with Crippen molar-refractivity contribution in [2.45, 2.75) is 27.0 Å². The van der Waals surface area contributed by atoms with E-state index in [2.05, 4.69) is 10.3 Å². The number of aliphatic hydroxyl groups is 1. The molecule has 0 saturated heterocycles. The van der Waals surface area contributed by atoms with Gasteiger partial charge in [0.2, 0.25) is 0 Å². The van der Waals surface area contributed by atoms with Gasteiger partial charge in [-0.05, 0) is 77.6 Å². The lowest BCUT2D eigenvalue weighted by atomic mass is 9.97. The van der Waals surface area contributed by atoms with Crippen LogP contribution >= 0.6 is 11.6 Å². The van der Waals surface area contributed by atoms with Crippen molar-refractivity contribution in [2.24, 2.45) is 0 Å². The molecule has 2 N–H and O–H groups in total. The molecule has 0 fully saturated rings. The minimum atomic E-state index is -0.189. The fourth-order valence-electron chi connectivity index (χ4n) is 2.97. The minimum absolute atomic E-state index is 0.130.